The van der Waals surface area contributed by atoms with Crippen molar-refractivity contribution in [1.82, 2.24) is 9.88 Å². The number of nitrogens with one attached hydrogen (secondary N) is 1. The number of benzene rings is 2. The van der Waals surface area contributed by atoms with E-state index in [1.165, 1.54) is 10.1 Å². The number of hydrogen-bond acceptors (Lipinski definition) is 3. The maximum absolute atomic E-state index is 12.2. The van der Waals surface area contributed by atoms with Gasteiger partial charge in [-0.3, -0.25) is 9.36 Å². The SMILES string of the molecule is CC(C)c1ccc(C(=O)NCc2ccc3oc(=O)n(C)c3c2)cc1. The molecule has 5 heteroatoms. The van der Waals surface area contributed by atoms with Gasteiger partial charge in [0.05, 0.1) is 5.52 Å². The van der Waals surface area contributed by atoms with Gasteiger partial charge >= 0.3 is 5.76 Å². The van der Waals surface area contributed by atoms with E-state index in [2.05, 4.69) is 19.2 Å². The molecule has 0 saturated heterocycles. The molecule has 0 aliphatic carbocycles. The lowest BCUT2D eigenvalue weighted by Gasteiger charge is -2.08. The first kappa shape index (κ1) is 16.1. The molecule has 5 nitrogen and oxygen atoms in total. The van der Waals surface area contributed by atoms with Crippen LogP contribution < -0.4 is 11.1 Å². The van der Waals surface area contributed by atoms with Crippen LogP contribution in [0.25, 0.3) is 11.1 Å². The highest BCUT2D eigenvalue weighted by Gasteiger charge is 2.09. The Morgan fingerprint density at radius 3 is 2.54 bits per heavy atom. The van der Waals surface area contributed by atoms with Gasteiger partial charge in [-0.15, -0.1) is 0 Å². The van der Waals surface area contributed by atoms with Crippen LogP contribution in [-0.4, -0.2) is 10.5 Å². The van der Waals surface area contributed by atoms with E-state index >= 15 is 0 Å². The Morgan fingerprint density at radius 2 is 1.88 bits per heavy atom. The summed E-state index contributed by atoms with van der Waals surface area (Å²) in [5.41, 5.74) is 4.01. The zero-order valence-corrected chi connectivity index (χ0v) is 14.0. The minimum absolute atomic E-state index is 0.119. The van der Waals surface area contributed by atoms with Gasteiger partial charge in [0.15, 0.2) is 5.58 Å². The van der Waals surface area contributed by atoms with Crippen molar-refractivity contribution < 1.29 is 9.21 Å². The van der Waals surface area contributed by atoms with Gasteiger partial charge in [0.25, 0.3) is 5.91 Å². The van der Waals surface area contributed by atoms with Crippen molar-refractivity contribution in [2.24, 2.45) is 7.05 Å². The minimum atomic E-state index is -0.392. The topological polar surface area (TPSA) is 64.2 Å². The summed E-state index contributed by atoms with van der Waals surface area (Å²) < 4.78 is 6.55. The number of hydrogen-bond donors (Lipinski definition) is 1. The Kier molecular flexibility index (Phi) is 4.25. The van der Waals surface area contributed by atoms with E-state index in [1.807, 2.05) is 36.4 Å². The normalized spacial score (nSPS) is 11.2. The van der Waals surface area contributed by atoms with Gasteiger partial charge in [-0.25, -0.2) is 4.79 Å². The second-order valence-corrected chi connectivity index (χ2v) is 6.19. The van der Waals surface area contributed by atoms with Crippen LogP contribution in [0.5, 0.6) is 0 Å². The molecule has 0 spiro atoms. The molecular formula is C19H20N2O3. The number of carbonyl (C=O) groups is 1. The predicted molar refractivity (Wildman–Crippen MR) is 93.2 cm³/mol. The van der Waals surface area contributed by atoms with Crippen LogP contribution in [0, 0.1) is 0 Å². The summed E-state index contributed by atoms with van der Waals surface area (Å²) in [6, 6.07) is 13.1. The molecular weight excluding hydrogens is 304 g/mol. The number of nitrogens with zero attached hydrogens (tertiary/aromatic N) is 1. The number of rotatable bonds is 4. The Morgan fingerprint density at radius 1 is 1.17 bits per heavy atom. The van der Waals surface area contributed by atoms with E-state index in [0.29, 0.717) is 29.1 Å². The van der Waals surface area contributed by atoms with Crippen LogP contribution in [0.2, 0.25) is 0 Å². The molecule has 3 rings (SSSR count). The third kappa shape index (κ3) is 3.11. The third-order valence-corrected chi connectivity index (χ3v) is 4.15. The van der Waals surface area contributed by atoms with Crippen molar-refractivity contribution in [3.05, 3.63) is 69.7 Å². The second-order valence-electron chi connectivity index (χ2n) is 6.19. The van der Waals surface area contributed by atoms with Gasteiger partial charge in [-0.1, -0.05) is 32.0 Å². The molecule has 0 saturated carbocycles. The van der Waals surface area contributed by atoms with Crippen molar-refractivity contribution in [2.45, 2.75) is 26.3 Å². The van der Waals surface area contributed by atoms with E-state index in [-0.39, 0.29) is 5.91 Å². The molecule has 1 N–H and O–H groups in total. The number of oxazole rings is 1. The molecule has 1 heterocycles. The standard InChI is InChI=1S/C19H20N2O3/c1-12(2)14-5-7-15(8-6-14)18(22)20-11-13-4-9-17-16(10-13)21(3)19(23)24-17/h4-10,12H,11H2,1-3H3,(H,20,22). The van der Waals surface area contributed by atoms with Gasteiger partial charge in [0.2, 0.25) is 0 Å². The minimum Gasteiger partial charge on any atom is -0.408 e. The molecule has 0 unspecified atom stereocenters. The Hall–Kier alpha value is -2.82. The fraction of sp³-hybridized carbons (Fsp3) is 0.263. The second kappa shape index (κ2) is 6.35. The van der Waals surface area contributed by atoms with Gasteiger partial charge in [0, 0.05) is 19.2 Å². The summed E-state index contributed by atoms with van der Waals surface area (Å²) in [5, 5.41) is 2.90. The zero-order chi connectivity index (χ0) is 17.3. The average Bonchev–Trinajstić information content (AvgIpc) is 2.87. The smallest absolute Gasteiger partial charge is 0.408 e. The summed E-state index contributed by atoms with van der Waals surface area (Å²) in [4.78, 5) is 23.8. The van der Waals surface area contributed by atoms with E-state index in [9.17, 15) is 9.59 Å². The monoisotopic (exact) mass is 324 g/mol. The maximum atomic E-state index is 12.2. The lowest BCUT2D eigenvalue weighted by Crippen LogP contribution is -2.22. The van der Waals surface area contributed by atoms with Crippen LogP contribution in [0.3, 0.4) is 0 Å². The Balaban J connectivity index is 1.71. The van der Waals surface area contributed by atoms with Crippen LogP contribution in [-0.2, 0) is 13.6 Å². The number of carbonyl (C=O) groups excluding carboxylic acids is 1. The van der Waals surface area contributed by atoms with Crippen molar-refractivity contribution in [3.8, 4) is 0 Å². The quantitative estimate of drug-likeness (QED) is 0.801. The first-order valence-electron chi connectivity index (χ1n) is 7.92. The predicted octanol–water partition coefficient (Wildman–Crippen LogP) is 3.18. The van der Waals surface area contributed by atoms with Crippen molar-refractivity contribution in [1.29, 1.82) is 0 Å². The average molecular weight is 324 g/mol. The van der Waals surface area contributed by atoms with Crippen molar-refractivity contribution in [2.75, 3.05) is 0 Å². The summed E-state index contributed by atoms with van der Waals surface area (Å²) in [5.74, 6) is -0.0710. The molecule has 3 aromatic rings. The molecule has 0 aliphatic rings. The molecule has 0 atom stereocenters. The third-order valence-electron chi connectivity index (χ3n) is 4.15. The molecule has 1 amide bonds. The van der Waals surface area contributed by atoms with Crippen molar-refractivity contribution in [3.63, 3.8) is 0 Å². The fourth-order valence-electron chi connectivity index (χ4n) is 2.59. The zero-order valence-electron chi connectivity index (χ0n) is 14.0. The molecule has 24 heavy (non-hydrogen) atoms. The highest BCUT2D eigenvalue weighted by Crippen LogP contribution is 2.16. The molecule has 0 bridgehead atoms. The van der Waals surface area contributed by atoms with Crippen molar-refractivity contribution >= 4 is 17.0 Å². The summed E-state index contributed by atoms with van der Waals surface area (Å²) >= 11 is 0. The number of fused-ring (bicyclic) bond motifs is 1. The van der Waals surface area contributed by atoms with Gasteiger partial charge in [-0.05, 0) is 41.3 Å². The van der Waals surface area contributed by atoms with Gasteiger partial charge in [-0.2, -0.15) is 0 Å². The van der Waals surface area contributed by atoms with Crippen LogP contribution in [0.15, 0.2) is 51.7 Å². The van der Waals surface area contributed by atoms with Gasteiger partial charge in [0.1, 0.15) is 0 Å². The maximum Gasteiger partial charge on any atom is 0.419 e. The van der Waals surface area contributed by atoms with Crippen LogP contribution in [0.4, 0.5) is 0 Å². The highest BCUT2D eigenvalue weighted by molar-refractivity contribution is 5.94. The Bertz CT molecular complexity index is 933. The van der Waals surface area contributed by atoms with E-state index < -0.39 is 5.76 Å². The highest BCUT2D eigenvalue weighted by atomic mass is 16.4. The fourth-order valence-corrected chi connectivity index (χ4v) is 2.59. The van der Waals surface area contributed by atoms with Crippen LogP contribution >= 0.6 is 0 Å². The van der Waals surface area contributed by atoms with Gasteiger partial charge < -0.3 is 9.73 Å². The summed E-state index contributed by atoms with van der Waals surface area (Å²) in [7, 11) is 1.66. The molecule has 1 aromatic heterocycles. The van der Waals surface area contributed by atoms with E-state index in [4.69, 9.17) is 4.42 Å². The van der Waals surface area contributed by atoms with E-state index in [1.54, 1.807) is 13.1 Å². The first-order valence-corrected chi connectivity index (χ1v) is 7.92. The lowest BCUT2D eigenvalue weighted by molar-refractivity contribution is 0.0951. The summed E-state index contributed by atoms with van der Waals surface area (Å²) in [6.07, 6.45) is 0. The lowest BCUT2D eigenvalue weighted by atomic mass is 10.0. The molecule has 0 radical (unpaired) electrons. The number of amides is 1. The molecule has 0 fully saturated rings. The largest absolute Gasteiger partial charge is 0.419 e. The molecule has 2 aromatic carbocycles. The first-order chi connectivity index (χ1) is 11.5. The van der Waals surface area contributed by atoms with Crippen LogP contribution in [0.1, 0.15) is 41.3 Å². The number of aryl methyl sites for hydroxylation is 1. The summed E-state index contributed by atoms with van der Waals surface area (Å²) in [6.45, 7) is 4.63. The molecule has 0 aliphatic heterocycles. The van der Waals surface area contributed by atoms with E-state index in [0.717, 1.165) is 5.56 Å². The Labute approximate surface area is 139 Å². The number of aromatic nitrogens is 1. The molecule has 124 valence electrons.